The lowest BCUT2D eigenvalue weighted by molar-refractivity contribution is 0.0303. The highest BCUT2D eigenvalue weighted by Crippen LogP contribution is 2.20. The monoisotopic (exact) mass is 342 g/mol. The van der Waals surface area contributed by atoms with Gasteiger partial charge < -0.3 is 15.0 Å². The summed E-state index contributed by atoms with van der Waals surface area (Å²) in [5.74, 6) is 0.0792. The van der Waals surface area contributed by atoms with E-state index in [-0.39, 0.29) is 11.9 Å². The standard InChI is InChI=1S/C19H26N4O2/c1-15-4-5-17(19(24)22-10-12-25-13-11-22)14-18(15)21-16(2)6-9-23-8-3-7-20-23/h3-5,7-8,14,16,21H,6,9-13H2,1-2H3. The van der Waals surface area contributed by atoms with Gasteiger partial charge in [-0.2, -0.15) is 5.10 Å². The molecule has 0 radical (unpaired) electrons. The van der Waals surface area contributed by atoms with Crippen LogP contribution in [0.4, 0.5) is 5.69 Å². The fourth-order valence-electron chi connectivity index (χ4n) is 2.96. The molecular formula is C19H26N4O2. The van der Waals surface area contributed by atoms with Gasteiger partial charge in [0.25, 0.3) is 5.91 Å². The molecule has 1 N–H and O–H groups in total. The van der Waals surface area contributed by atoms with Crippen LogP contribution in [0.15, 0.2) is 36.7 Å². The summed E-state index contributed by atoms with van der Waals surface area (Å²) < 4.78 is 7.26. The van der Waals surface area contributed by atoms with Crippen molar-refractivity contribution >= 4 is 11.6 Å². The molecular weight excluding hydrogens is 316 g/mol. The van der Waals surface area contributed by atoms with Crippen molar-refractivity contribution in [3.8, 4) is 0 Å². The Labute approximate surface area is 148 Å². The largest absolute Gasteiger partial charge is 0.382 e. The third-order valence-corrected chi connectivity index (χ3v) is 4.54. The molecule has 0 bridgehead atoms. The number of aromatic nitrogens is 2. The van der Waals surface area contributed by atoms with Crippen molar-refractivity contribution in [3.63, 3.8) is 0 Å². The number of anilines is 1. The van der Waals surface area contributed by atoms with Gasteiger partial charge in [0, 0.05) is 49.3 Å². The Morgan fingerprint density at radius 2 is 2.16 bits per heavy atom. The van der Waals surface area contributed by atoms with Crippen molar-refractivity contribution in [2.45, 2.75) is 32.9 Å². The molecule has 25 heavy (non-hydrogen) atoms. The molecule has 1 aliphatic rings. The molecule has 0 aliphatic carbocycles. The van der Waals surface area contributed by atoms with E-state index in [9.17, 15) is 4.79 Å². The molecule has 2 heterocycles. The Bertz CT molecular complexity index is 693. The van der Waals surface area contributed by atoms with E-state index in [1.165, 1.54) is 0 Å². The molecule has 1 saturated heterocycles. The van der Waals surface area contributed by atoms with Crippen molar-refractivity contribution in [2.24, 2.45) is 0 Å². The molecule has 1 aromatic carbocycles. The molecule has 2 aromatic rings. The van der Waals surface area contributed by atoms with Crippen LogP contribution < -0.4 is 5.32 Å². The first-order valence-corrected chi connectivity index (χ1v) is 8.85. The quantitative estimate of drug-likeness (QED) is 0.876. The second-order valence-electron chi connectivity index (χ2n) is 6.54. The number of hydrogen-bond acceptors (Lipinski definition) is 4. The van der Waals surface area contributed by atoms with Gasteiger partial charge in [0.1, 0.15) is 0 Å². The normalized spacial score (nSPS) is 15.8. The van der Waals surface area contributed by atoms with Gasteiger partial charge in [-0.1, -0.05) is 6.07 Å². The number of ether oxygens (including phenoxy) is 1. The smallest absolute Gasteiger partial charge is 0.254 e. The fraction of sp³-hybridized carbons (Fsp3) is 0.474. The Morgan fingerprint density at radius 1 is 1.36 bits per heavy atom. The highest BCUT2D eigenvalue weighted by Gasteiger charge is 2.19. The zero-order valence-electron chi connectivity index (χ0n) is 14.9. The number of carbonyl (C=O) groups is 1. The van der Waals surface area contributed by atoms with Crippen LogP contribution in [0.25, 0.3) is 0 Å². The van der Waals surface area contributed by atoms with E-state index < -0.39 is 0 Å². The highest BCUT2D eigenvalue weighted by molar-refractivity contribution is 5.95. The average molecular weight is 342 g/mol. The molecule has 134 valence electrons. The Kier molecular flexibility index (Phi) is 5.71. The van der Waals surface area contributed by atoms with Crippen molar-refractivity contribution in [2.75, 3.05) is 31.6 Å². The number of benzene rings is 1. The number of nitrogens with zero attached hydrogens (tertiary/aromatic N) is 3. The topological polar surface area (TPSA) is 59.4 Å². The zero-order chi connectivity index (χ0) is 17.6. The van der Waals surface area contributed by atoms with Crippen LogP contribution in [0.5, 0.6) is 0 Å². The summed E-state index contributed by atoms with van der Waals surface area (Å²) in [4.78, 5) is 14.5. The van der Waals surface area contributed by atoms with Gasteiger partial charge in [-0.25, -0.2) is 0 Å². The maximum absolute atomic E-state index is 12.7. The molecule has 3 rings (SSSR count). The summed E-state index contributed by atoms with van der Waals surface area (Å²) in [5, 5.41) is 7.76. The molecule has 6 nitrogen and oxygen atoms in total. The molecule has 0 saturated carbocycles. The molecule has 1 unspecified atom stereocenters. The molecule has 6 heteroatoms. The Morgan fingerprint density at radius 3 is 2.88 bits per heavy atom. The van der Waals surface area contributed by atoms with Crippen LogP contribution in [0.2, 0.25) is 0 Å². The minimum Gasteiger partial charge on any atom is -0.382 e. The Hall–Kier alpha value is -2.34. The van der Waals surface area contributed by atoms with Crippen molar-refractivity contribution in [3.05, 3.63) is 47.8 Å². The van der Waals surface area contributed by atoms with E-state index in [0.29, 0.717) is 26.3 Å². The minimum absolute atomic E-state index is 0.0792. The maximum atomic E-state index is 12.7. The number of aryl methyl sites for hydroxylation is 2. The maximum Gasteiger partial charge on any atom is 0.254 e. The third-order valence-electron chi connectivity index (χ3n) is 4.54. The average Bonchev–Trinajstić information content (AvgIpc) is 3.15. The van der Waals surface area contributed by atoms with Gasteiger partial charge in [-0.15, -0.1) is 0 Å². The van der Waals surface area contributed by atoms with Crippen LogP contribution >= 0.6 is 0 Å². The lowest BCUT2D eigenvalue weighted by Crippen LogP contribution is -2.40. The number of carbonyl (C=O) groups excluding carboxylic acids is 1. The van der Waals surface area contributed by atoms with E-state index in [2.05, 4.69) is 24.3 Å². The second kappa shape index (κ2) is 8.16. The lowest BCUT2D eigenvalue weighted by atomic mass is 10.1. The van der Waals surface area contributed by atoms with Crippen molar-refractivity contribution in [1.29, 1.82) is 0 Å². The van der Waals surface area contributed by atoms with Gasteiger partial charge in [0.2, 0.25) is 0 Å². The number of morpholine rings is 1. The lowest BCUT2D eigenvalue weighted by Gasteiger charge is -2.27. The van der Waals surface area contributed by atoms with E-state index in [0.717, 1.165) is 29.8 Å². The number of amides is 1. The highest BCUT2D eigenvalue weighted by atomic mass is 16.5. The van der Waals surface area contributed by atoms with Crippen LogP contribution in [0.3, 0.4) is 0 Å². The minimum atomic E-state index is 0.0792. The summed E-state index contributed by atoms with van der Waals surface area (Å²) in [6.45, 7) is 7.64. The van der Waals surface area contributed by atoms with Crippen molar-refractivity contribution < 1.29 is 9.53 Å². The number of nitrogens with one attached hydrogen (secondary N) is 1. The van der Waals surface area contributed by atoms with Gasteiger partial charge in [-0.3, -0.25) is 9.48 Å². The predicted octanol–water partition coefficient (Wildman–Crippen LogP) is 2.55. The molecule has 0 spiro atoms. The summed E-state index contributed by atoms with van der Waals surface area (Å²) in [6, 6.07) is 8.11. The van der Waals surface area contributed by atoms with E-state index in [4.69, 9.17) is 4.74 Å². The zero-order valence-corrected chi connectivity index (χ0v) is 14.9. The summed E-state index contributed by atoms with van der Waals surface area (Å²) in [5.41, 5.74) is 2.89. The van der Waals surface area contributed by atoms with E-state index in [1.54, 1.807) is 6.20 Å². The van der Waals surface area contributed by atoms with Gasteiger partial charge in [-0.05, 0) is 44.0 Å². The molecule has 1 atom stereocenters. The van der Waals surface area contributed by atoms with Gasteiger partial charge >= 0.3 is 0 Å². The van der Waals surface area contributed by atoms with Gasteiger partial charge in [0.05, 0.1) is 13.2 Å². The van der Waals surface area contributed by atoms with Crippen molar-refractivity contribution in [1.82, 2.24) is 14.7 Å². The molecule has 1 aliphatic heterocycles. The molecule has 1 fully saturated rings. The third kappa shape index (κ3) is 4.60. The first-order valence-electron chi connectivity index (χ1n) is 8.85. The molecule has 1 amide bonds. The van der Waals surface area contributed by atoms with Crippen LogP contribution in [0, 0.1) is 6.92 Å². The van der Waals surface area contributed by atoms with Crippen LogP contribution in [-0.4, -0.2) is 52.9 Å². The number of hydrogen-bond donors (Lipinski definition) is 1. The predicted molar refractivity (Wildman–Crippen MR) is 97.8 cm³/mol. The fourth-order valence-corrected chi connectivity index (χ4v) is 2.96. The SMILES string of the molecule is Cc1ccc(C(=O)N2CCOCC2)cc1NC(C)CCn1cccn1. The van der Waals surface area contributed by atoms with E-state index >= 15 is 0 Å². The Balaban J connectivity index is 1.63. The summed E-state index contributed by atoms with van der Waals surface area (Å²) in [6.07, 6.45) is 4.73. The first kappa shape index (κ1) is 17.5. The van der Waals surface area contributed by atoms with E-state index in [1.807, 2.05) is 40.0 Å². The van der Waals surface area contributed by atoms with Gasteiger partial charge in [0.15, 0.2) is 0 Å². The summed E-state index contributed by atoms with van der Waals surface area (Å²) in [7, 11) is 0. The van der Waals surface area contributed by atoms with Crippen LogP contribution in [-0.2, 0) is 11.3 Å². The first-order chi connectivity index (χ1) is 12.1. The second-order valence-corrected chi connectivity index (χ2v) is 6.54. The van der Waals surface area contributed by atoms with Crippen LogP contribution in [0.1, 0.15) is 29.3 Å². The summed E-state index contributed by atoms with van der Waals surface area (Å²) >= 11 is 0. The molecule has 1 aromatic heterocycles. The number of rotatable bonds is 6.